The maximum atomic E-state index is 12.5. The Kier molecular flexibility index (Phi) is 7.24. The Morgan fingerprint density at radius 3 is 2.81 bits per heavy atom. The predicted octanol–water partition coefficient (Wildman–Crippen LogP) is 5.67. The van der Waals surface area contributed by atoms with Gasteiger partial charge in [-0.2, -0.15) is 15.0 Å². The predicted molar refractivity (Wildman–Crippen MR) is 121 cm³/mol. The van der Waals surface area contributed by atoms with Crippen LogP contribution in [0.15, 0.2) is 30.5 Å². The molecule has 2 heterocycles. The summed E-state index contributed by atoms with van der Waals surface area (Å²) < 4.78 is 6.93. The summed E-state index contributed by atoms with van der Waals surface area (Å²) in [5.41, 5.74) is 3.19. The quantitative estimate of drug-likeness (QED) is 0.507. The molecule has 0 aliphatic carbocycles. The van der Waals surface area contributed by atoms with Gasteiger partial charge in [0.05, 0.1) is 18.3 Å². The third kappa shape index (κ3) is 5.02. The van der Waals surface area contributed by atoms with Gasteiger partial charge in [0, 0.05) is 5.39 Å². The lowest BCUT2D eigenvalue weighted by Crippen LogP contribution is -2.21. The first-order valence-corrected chi connectivity index (χ1v) is 10.8. The number of rotatable bonds is 8. The van der Waals surface area contributed by atoms with Crippen molar-refractivity contribution in [2.24, 2.45) is 5.92 Å². The average Bonchev–Trinajstić information content (AvgIpc) is 3.17. The Morgan fingerprint density at radius 1 is 1.29 bits per heavy atom. The minimum atomic E-state index is -0.595. The van der Waals surface area contributed by atoms with E-state index in [4.69, 9.17) is 9.72 Å². The Bertz CT molecular complexity index is 1110. The third-order valence-corrected chi connectivity index (χ3v) is 5.56. The molecule has 3 aromatic rings. The molecule has 1 unspecified atom stereocenters. The van der Waals surface area contributed by atoms with Crippen LogP contribution in [0.5, 0.6) is 0 Å². The fraction of sp³-hybridized carbons (Fsp3) is 0.417. The number of para-hydroxylation sites is 1. The SMILES string of the molecule is CCCCC(CC)COC(=O)Nc1c(C#N)cnn1-c1cc(C)c2cccc(C)c2n1. The topological polar surface area (TPSA) is 92.8 Å². The van der Waals surface area contributed by atoms with Crippen molar-refractivity contribution in [3.63, 3.8) is 0 Å². The van der Waals surface area contributed by atoms with Gasteiger partial charge in [-0.05, 0) is 43.4 Å². The number of amides is 1. The Balaban J connectivity index is 1.86. The lowest BCUT2D eigenvalue weighted by Gasteiger charge is -2.15. The molecule has 7 nitrogen and oxygen atoms in total. The number of aryl methyl sites for hydroxylation is 2. The van der Waals surface area contributed by atoms with Crippen molar-refractivity contribution in [2.75, 3.05) is 11.9 Å². The van der Waals surface area contributed by atoms with Gasteiger partial charge in [0.2, 0.25) is 0 Å². The van der Waals surface area contributed by atoms with Gasteiger partial charge >= 0.3 is 6.09 Å². The molecule has 0 fully saturated rings. The molecule has 7 heteroatoms. The van der Waals surface area contributed by atoms with E-state index in [1.165, 1.54) is 10.9 Å². The van der Waals surface area contributed by atoms with E-state index in [2.05, 4.69) is 30.3 Å². The van der Waals surface area contributed by atoms with Gasteiger partial charge in [0.25, 0.3) is 0 Å². The highest BCUT2D eigenvalue weighted by Crippen LogP contribution is 2.25. The number of pyridine rings is 1. The normalized spacial score (nSPS) is 11.8. The largest absolute Gasteiger partial charge is 0.449 e. The molecule has 0 aliphatic rings. The van der Waals surface area contributed by atoms with Crippen LogP contribution in [0.4, 0.5) is 10.6 Å². The van der Waals surface area contributed by atoms with Crippen molar-refractivity contribution >= 4 is 22.8 Å². The monoisotopic (exact) mass is 419 g/mol. The first kappa shape index (κ1) is 22.3. The summed E-state index contributed by atoms with van der Waals surface area (Å²) in [5.74, 6) is 1.12. The van der Waals surface area contributed by atoms with Crippen LogP contribution in [0.2, 0.25) is 0 Å². The van der Waals surface area contributed by atoms with Gasteiger partial charge in [-0.3, -0.25) is 5.32 Å². The van der Waals surface area contributed by atoms with Crippen molar-refractivity contribution in [3.05, 3.63) is 47.2 Å². The van der Waals surface area contributed by atoms with Gasteiger partial charge in [-0.25, -0.2) is 9.78 Å². The van der Waals surface area contributed by atoms with E-state index in [1.807, 2.05) is 38.1 Å². The fourth-order valence-electron chi connectivity index (χ4n) is 3.60. The minimum absolute atomic E-state index is 0.249. The first-order valence-electron chi connectivity index (χ1n) is 10.8. The number of hydrogen-bond donors (Lipinski definition) is 1. The van der Waals surface area contributed by atoms with Crippen molar-refractivity contribution in [1.82, 2.24) is 14.8 Å². The molecule has 31 heavy (non-hydrogen) atoms. The molecular weight excluding hydrogens is 390 g/mol. The van der Waals surface area contributed by atoms with Crippen LogP contribution in [-0.4, -0.2) is 27.5 Å². The molecule has 1 atom stereocenters. The lowest BCUT2D eigenvalue weighted by atomic mass is 10.0. The summed E-state index contributed by atoms with van der Waals surface area (Å²) in [4.78, 5) is 17.2. The molecule has 162 valence electrons. The van der Waals surface area contributed by atoms with Crippen molar-refractivity contribution in [3.8, 4) is 11.9 Å². The van der Waals surface area contributed by atoms with E-state index in [0.29, 0.717) is 18.3 Å². The number of ether oxygens (including phenoxy) is 1. The number of hydrogen-bond acceptors (Lipinski definition) is 5. The third-order valence-electron chi connectivity index (χ3n) is 5.56. The number of benzene rings is 1. The van der Waals surface area contributed by atoms with Crippen molar-refractivity contribution in [2.45, 2.75) is 53.4 Å². The maximum absolute atomic E-state index is 12.5. The zero-order chi connectivity index (χ0) is 22.4. The van der Waals surface area contributed by atoms with Crippen LogP contribution in [0.25, 0.3) is 16.7 Å². The van der Waals surface area contributed by atoms with Gasteiger partial charge in [-0.15, -0.1) is 0 Å². The number of aromatic nitrogens is 3. The van der Waals surface area contributed by atoms with Crippen LogP contribution in [0.3, 0.4) is 0 Å². The number of nitrogens with zero attached hydrogens (tertiary/aromatic N) is 4. The summed E-state index contributed by atoms with van der Waals surface area (Å²) in [7, 11) is 0. The standard InChI is InChI=1S/C24H29N5O2/c1-5-7-10-18(6-2)15-31-24(30)28-23-19(13-25)14-26-29(23)21-12-17(4)20-11-8-9-16(3)22(20)27-21/h8-9,11-12,14,18H,5-7,10,15H2,1-4H3,(H,28,30). The van der Waals surface area contributed by atoms with Gasteiger partial charge in [-0.1, -0.05) is 51.3 Å². The number of nitriles is 1. The zero-order valence-electron chi connectivity index (χ0n) is 18.6. The maximum Gasteiger partial charge on any atom is 0.412 e. The molecule has 0 radical (unpaired) electrons. The van der Waals surface area contributed by atoms with Crippen LogP contribution < -0.4 is 5.32 Å². The summed E-state index contributed by atoms with van der Waals surface area (Å²) >= 11 is 0. The van der Waals surface area contributed by atoms with Gasteiger partial charge in [0.15, 0.2) is 11.6 Å². The van der Waals surface area contributed by atoms with Crippen LogP contribution in [0, 0.1) is 31.1 Å². The smallest absolute Gasteiger partial charge is 0.412 e. The van der Waals surface area contributed by atoms with E-state index < -0.39 is 6.09 Å². The number of unbranched alkanes of at least 4 members (excludes halogenated alkanes) is 1. The summed E-state index contributed by atoms with van der Waals surface area (Å²) in [6.07, 6.45) is 5.04. The van der Waals surface area contributed by atoms with E-state index >= 15 is 0 Å². The molecule has 1 N–H and O–H groups in total. The number of carbonyl (C=O) groups excluding carboxylic acids is 1. The van der Waals surface area contributed by atoms with E-state index in [0.717, 1.165) is 47.7 Å². The highest BCUT2D eigenvalue weighted by atomic mass is 16.5. The average molecular weight is 420 g/mol. The second kappa shape index (κ2) is 10.1. The van der Waals surface area contributed by atoms with E-state index in [1.54, 1.807) is 0 Å². The molecule has 0 saturated carbocycles. The fourth-order valence-corrected chi connectivity index (χ4v) is 3.60. The molecular formula is C24H29N5O2. The molecule has 1 amide bonds. The summed E-state index contributed by atoms with van der Waals surface area (Å²) in [6.45, 7) is 8.60. The molecule has 3 rings (SSSR count). The van der Waals surface area contributed by atoms with Crippen molar-refractivity contribution < 1.29 is 9.53 Å². The number of carbonyl (C=O) groups is 1. The first-order chi connectivity index (χ1) is 15.0. The van der Waals surface area contributed by atoms with Gasteiger partial charge in [0.1, 0.15) is 11.6 Å². The summed E-state index contributed by atoms with van der Waals surface area (Å²) in [5, 5.41) is 17.6. The van der Waals surface area contributed by atoms with Crippen LogP contribution in [0.1, 0.15) is 56.2 Å². The summed E-state index contributed by atoms with van der Waals surface area (Å²) in [6, 6.07) is 10.00. The lowest BCUT2D eigenvalue weighted by molar-refractivity contribution is 0.136. The number of fused-ring (bicyclic) bond motifs is 1. The molecule has 2 aromatic heterocycles. The molecule has 0 bridgehead atoms. The molecule has 0 spiro atoms. The molecule has 0 aliphatic heterocycles. The van der Waals surface area contributed by atoms with E-state index in [9.17, 15) is 10.1 Å². The Morgan fingerprint density at radius 2 is 2.10 bits per heavy atom. The van der Waals surface area contributed by atoms with Crippen molar-refractivity contribution in [1.29, 1.82) is 5.26 Å². The van der Waals surface area contributed by atoms with Crippen LogP contribution in [-0.2, 0) is 4.74 Å². The number of anilines is 1. The Labute approximate surface area is 183 Å². The molecule has 0 saturated heterocycles. The van der Waals surface area contributed by atoms with Crippen LogP contribution >= 0.6 is 0 Å². The minimum Gasteiger partial charge on any atom is -0.449 e. The van der Waals surface area contributed by atoms with E-state index in [-0.39, 0.29) is 11.4 Å². The van der Waals surface area contributed by atoms with Gasteiger partial charge < -0.3 is 4.74 Å². The molecule has 1 aromatic carbocycles. The zero-order valence-corrected chi connectivity index (χ0v) is 18.6. The highest BCUT2D eigenvalue weighted by Gasteiger charge is 2.19. The number of nitrogens with one attached hydrogen (secondary N) is 1. The second-order valence-electron chi connectivity index (χ2n) is 7.84. The Hall–Kier alpha value is -3.40. The highest BCUT2D eigenvalue weighted by molar-refractivity contribution is 5.87. The second-order valence-corrected chi connectivity index (χ2v) is 7.84.